The number of carbonyl (C=O) groups is 1. The average Bonchev–Trinajstić information content (AvgIpc) is 3.22. The first kappa shape index (κ1) is 19.3. The topological polar surface area (TPSA) is 45.8 Å². The molecule has 31 heavy (non-hydrogen) atoms. The molecule has 4 aliphatic rings. The number of fused-ring (bicyclic) bond motifs is 5. The lowest BCUT2D eigenvalue weighted by Crippen LogP contribution is -2.43. The van der Waals surface area contributed by atoms with Crippen LogP contribution in [0.15, 0.2) is 29.3 Å². The summed E-state index contributed by atoms with van der Waals surface area (Å²) < 4.78 is 42.3. The van der Waals surface area contributed by atoms with Gasteiger partial charge in [-0.2, -0.15) is 5.10 Å². The Kier molecular flexibility index (Phi) is 3.68. The number of benzene rings is 1. The number of rotatable bonds is 1. The molecule has 3 nitrogen and oxygen atoms in total. The molecule has 1 atom stereocenters. The Hall–Kier alpha value is -2.37. The van der Waals surface area contributed by atoms with Gasteiger partial charge < -0.3 is 0 Å². The monoisotopic (exact) mass is 426 g/mol. The van der Waals surface area contributed by atoms with Crippen LogP contribution in [-0.4, -0.2) is 21.9 Å². The van der Waals surface area contributed by atoms with Crippen LogP contribution in [0, 0.1) is 11.2 Å². The van der Waals surface area contributed by atoms with Crippen LogP contribution in [0.5, 0.6) is 0 Å². The van der Waals surface area contributed by atoms with E-state index in [2.05, 4.69) is 24.0 Å². The number of Topliss-reactive ketones (excluding diaryl/α,β-unsaturated/α-hetero) is 1. The van der Waals surface area contributed by atoms with E-state index in [0.717, 1.165) is 34.4 Å². The molecule has 0 aliphatic heterocycles. The third-order valence-electron chi connectivity index (χ3n) is 7.88. The van der Waals surface area contributed by atoms with Gasteiger partial charge in [0.2, 0.25) is 5.92 Å². The molecule has 1 saturated carbocycles. The molecule has 1 aromatic carbocycles. The van der Waals surface area contributed by atoms with Gasteiger partial charge in [-0.1, -0.05) is 31.6 Å². The van der Waals surface area contributed by atoms with E-state index >= 15 is 0 Å². The van der Waals surface area contributed by atoms with E-state index in [1.54, 1.807) is 6.07 Å². The number of ketones is 1. The highest BCUT2D eigenvalue weighted by Crippen LogP contribution is 2.60. The highest BCUT2D eigenvalue weighted by atomic mass is 19.3. The minimum absolute atomic E-state index is 0.111. The molecule has 6 heteroatoms. The van der Waals surface area contributed by atoms with Crippen LogP contribution in [-0.2, 0) is 23.1 Å². The number of nitrogens with zero attached hydrogens (tertiary/aromatic N) is 1. The fraction of sp³-hybridized carbons (Fsp3) is 0.520. The number of nitrogens with one attached hydrogen (secondary N) is 1. The smallest absolute Gasteiger partial charge is 0.249 e. The molecule has 0 amide bonds. The van der Waals surface area contributed by atoms with Crippen LogP contribution in [0.25, 0.3) is 0 Å². The van der Waals surface area contributed by atoms with E-state index in [0.29, 0.717) is 36.9 Å². The van der Waals surface area contributed by atoms with Crippen LogP contribution in [0.2, 0.25) is 0 Å². The van der Waals surface area contributed by atoms with Crippen LogP contribution in [0.1, 0.15) is 79.9 Å². The maximum Gasteiger partial charge on any atom is 0.249 e. The number of carbonyl (C=O) groups excluding carboxylic acids is 1. The van der Waals surface area contributed by atoms with Crippen molar-refractivity contribution in [2.24, 2.45) is 5.41 Å². The largest absolute Gasteiger partial charge is 0.294 e. The van der Waals surface area contributed by atoms with Crippen molar-refractivity contribution in [3.63, 3.8) is 0 Å². The molecular formula is C25H25F3N2O. The summed E-state index contributed by atoms with van der Waals surface area (Å²) in [5.74, 6) is -3.14. The van der Waals surface area contributed by atoms with E-state index in [1.807, 2.05) is 6.07 Å². The van der Waals surface area contributed by atoms with Gasteiger partial charge in [0.15, 0.2) is 5.78 Å². The van der Waals surface area contributed by atoms with Gasteiger partial charge in [0.1, 0.15) is 5.82 Å². The summed E-state index contributed by atoms with van der Waals surface area (Å²) in [6.45, 7) is 4.21. The number of halogens is 3. The molecule has 0 radical (unpaired) electrons. The minimum Gasteiger partial charge on any atom is -0.294 e. The van der Waals surface area contributed by atoms with Crippen LogP contribution in [0.3, 0.4) is 0 Å². The van der Waals surface area contributed by atoms with Crippen LogP contribution < -0.4 is 0 Å². The van der Waals surface area contributed by atoms with E-state index in [4.69, 9.17) is 0 Å². The van der Waals surface area contributed by atoms with E-state index in [9.17, 15) is 18.0 Å². The summed E-state index contributed by atoms with van der Waals surface area (Å²) in [6.07, 6.45) is 2.50. The van der Waals surface area contributed by atoms with Crippen molar-refractivity contribution in [3.8, 4) is 0 Å². The first-order chi connectivity index (χ1) is 14.6. The molecule has 1 heterocycles. The highest BCUT2D eigenvalue weighted by Gasteiger charge is 2.57. The van der Waals surface area contributed by atoms with Gasteiger partial charge in [0, 0.05) is 48.4 Å². The molecule has 2 aromatic rings. The number of aromatic amines is 1. The zero-order valence-electron chi connectivity index (χ0n) is 17.7. The standard InChI is InChI=1S/C25H25F3N2O/c1-23(2)9-13-8-18-21(22(30-29-18)14-10-24(27,28)11-14)25(20(13)19(31)12-23)7-6-15-16(25)4-3-5-17(15)26/h3-5,14H,6-12H2,1-2H3,(H,29,30)/t25-/m0/s1. The second-order valence-corrected chi connectivity index (χ2v) is 10.7. The molecule has 0 unspecified atom stereocenters. The molecule has 0 bridgehead atoms. The number of allylic oxidation sites excluding steroid dienone is 2. The fourth-order valence-electron chi connectivity index (χ4n) is 6.81. The maximum absolute atomic E-state index is 14.8. The van der Waals surface area contributed by atoms with Gasteiger partial charge >= 0.3 is 0 Å². The molecule has 1 N–H and O–H groups in total. The summed E-state index contributed by atoms with van der Waals surface area (Å²) in [4.78, 5) is 13.6. The second-order valence-electron chi connectivity index (χ2n) is 10.7. The predicted octanol–water partition coefficient (Wildman–Crippen LogP) is 5.54. The van der Waals surface area contributed by atoms with Gasteiger partial charge in [0.25, 0.3) is 0 Å². The Balaban J connectivity index is 1.62. The van der Waals surface area contributed by atoms with Crippen molar-refractivity contribution < 1.29 is 18.0 Å². The van der Waals surface area contributed by atoms with E-state index in [1.165, 1.54) is 6.07 Å². The quantitative estimate of drug-likeness (QED) is 0.651. The minimum atomic E-state index is -2.66. The molecule has 0 saturated heterocycles. The number of hydrogen-bond donors (Lipinski definition) is 1. The SMILES string of the molecule is CC1(C)CC(=O)C2=C(Cc3[nH]nc(C4CC(F)(F)C4)c3[C@]23CCc2c(F)cccc23)C1. The lowest BCUT2D eigenvalue weighted by Gasteiger charge is -2.45. The average molecular weight is 426 g/mol. The van der Waals surface area contributed by atoms with Crippen molar-refractivity contribution in [2.45, 2.75) is 76.0 Å². The second kappa shape index (κ2) is 5.90. The Morgan fingerprint density at radius 2 is 1.94 bits per heavy atom. The molecule has 1 fully saturated rings. The van der Waals surface area contributed by atoms with Crippen molar-refractivity contribution in [1.82, 2.24) is 10.2 Å². The summed E-state index contributed by atoms with van der Waals surface area (Å²) in [5.41, 5.74) is 4.89. The first-order valence-corrected chi connectivity index (χ1v) is 11.1. The van der Waals surface area contributed by atoms with Crippen molar-refractivity contribution >= 4 is 5.78 Å². The van der Waals surface area contributed by atoms with Crippen molar-refractivity contribution in [3.05, 3.63) is 63.2 Å². The summed E-state index contributed by atoms with van der Waals surface area (Å²) in [6, 6.07) is 5.08. The van der Waals surface area contributed by atoms with E-state index < -0.39 is 11.3 Å². The lowest BCUT2D eigenvalue weighted by molar-refractivity contribution is -0.118. The predicted molar refractivity (Wildman–Crippen MR) is 110 cm³/mol. The van der Waals surface area contributed by atoms with Crippen molar-refractivity contribution in [1.29, 1.82) is 0 Å². The van der Waals surface area contributed by atoms with Gasteiger partial charge in [0.05, 0.1) is 11.1 Å². The zero-order chi connectivity index (χ0) is 21.8. The lowest BCUT2D eigenvalue weighted by atomic mass is 9.57. The maximum atomic E-state index is 14.8. The Morgan fingerprint density at radius 1 is 1.16 bits per heavy atom. The molecular weight excluding hydrogens is 401 g/mol. The summed E-state index contributed by atoms with van der Waals surface area (Å²) in [5, 5.41) is 7.67. The number of alkyl halides is 2. The summed E-state index contributed by atoms with van der Waals surface area (Å²) >= 11 is 0. The first-order valence-electron chi connectivity index (χ1n) is 11.1. The highest BCUT2D eigenvalue weighted by molar-refractivity contribution is 6.02. The Labute approximate surface area is 179 Å². The number of H-pyrrole nitrogens is 1. The third kappa shape index (κ3) is 2.53. The normalized spacial score (nSPS) is 28.4. The third-order valence-corrected chi connectivity index (χ3v) is 7.88. The molecule has 1 aromatic heterocycles. The molecule has 6 rings (SSSR count). The number of hydrogen-bond acceptors (Lipinski definition) is 2. The van der Waals surface area contributed by atoms with Gasteiger partial charge in [-0.3, -0.25) is 9.89 Å². The van der Waals surface area contributed by atoms with Gasteiger partial charge in [-0.15, -0.1) is 0 Å². The van der Waals surface area contributed by atoms with Crippen molar-refractivity contribution in [2.75, 3.05) is 0 Å². The van der Waals surface area contributed by atoms with Gasteiger partial charge in [-0.25, -0.2) is 13.2 Å². The fourth-order valence-corrected chi connectivity index (χ4v) is 6.81. The van der Waals surface area contributed by atoms with Crippen LogP contribution >= 0.6 is 0 Å². The molecule has 162 valence electrons. The molecule has 4 aliphatic carbocycles. The van der Waals surface area contributed by atoms with Crippen LogP contribution in [0.4, 0.5) is 13.2 Å². The molecule has 1 spiro atoms. The van der Waals surface area contributed by atoms with Gasteiger partial charge in [-0.05, 0) is 41.9 Å². The number of aromatic nitrogens is 2. The van der Waals surface area contributed by atoms with E-state index in [-0.39, 0.29) is 35.8 Å². The zero-order valence-corrected chi connectivity index (χ0v) is 17.7. The Bertz CT molecular complexity index is 1170. The summed E-state index contributed by atoms with van der Waals surface area (Å²) in [7, 11) is 0. The Morgan fingerprint density at radius 3 is 2.68 bits per heavy atom.